The molecule has 0 fully saturated rings. The molecule has 0 bridgehead atoms. The number of nitrogens with zero attached hydrogens (tertiary/aromatic N) is 7. The lowest BCUT2D eigenvalue weighted by molar-refractivity contribution is 0.751. The molecule has 0 aliphatic heterocycles. The fraction of sp³-hybridized carbons (Fsp3) is 0.250. The van der Waals surface area contributed by atoms with Crippen LogP contribution in [0.25, 0.3) is 5.95 Å². The molecule has 20 heavy (non-hydrogen) atoms. The Morgan fingerprint density at radius 2 is 2.05 bits per heavy atom. The van der Waals surface area contributed by atoms with Crippen molar-refractivity contribution >= 4 is 5.95 Å². The zero-order chi connectivity index (χ0) is 13.9. The molecule has 0 saturated heterocycles. The number of hydrogen-bond donors (Lipinski definition) is 1. The quantitative estimate of drug-likeness (QED) is 0.739. The van der Waals surface area contributed by atoms with Crippen molar-refractivity contribution in [3.8, 4) is 5.95 Å². The van der Waals surface area contributed by atoms with Gasteiger partial charge < -0.3 is 9.88 Å². The predicted molar refractivity (Wildman–Crippen MR) is 72.5 cm³/mol. The van der Waals surface area contributed by atoms with E-state index in [9.17, 15) is 0 Å². The molecule has 0 atom stereocenters. The molecule has 3 aromatic rings. The number of hydrogen-bond acceptors (Lipinski definition) is 6. The fourth-order valence-corrected chi connectivity index (χ4v) is 1.80. The summed E-state index contributed by atoms with van der Waals surface area (Å²) in [6, 6.07) is 1.82. The standard InChI is InChI=1S/C12H14N8/c1-13-11-16-9(8-10-14-5-7-19(10)2)17-12(18-11)20-6-3-4-15-20/h3-7H,8H2,1-2H3,(H,13,16,17,18). The zero-order valence-electron chi connectivity index (χ0n) is 11.2. The molecule has 3 aromatic heterocycles. The van der Waals surface area contributed by atoms with Crippen LogP contribution in [-0.4, -0.2) is 41.3 Å². The average molecular weight is 270 g/mol. The van der Waals surface area contributed by atoms with Crippen LogP contribution >= 0.6 is 0 Å². The Morgan fingerprint density at radius 3 is 2.70 bits per heavy atom. The van der Waals surface area contributed by atoms with Gasteiger partial charge in [0.2, 0.25) is 5.95 Å². The number of aryl methyl sites for hydroxylation is 1. The molecule has 1 N–H and O–H groups in total. The minimum atomic E-state index is 0.485. The second kappa shape index (κ2) is 5.08. The summed E-state index contributed by atoms with van der Waals surface area (Å²) in [5.41, 5.74) is 0. The van der Waals surface area contributed by atoms with E-state index in [4.69, 9.17) is 0 Å². The highest BCUT2D eigenvalue weighted by Gasteiger charge is 2.10. The van der Waals surface area contributed by atoms with Crippen LogP contribution in [0.5, 0.6) is 0 Å². The first kappa shape index (κ1) is 12.3. The number of imidazole rings is 1. The molecule has 102 valence electrons. The normalized spacial score (nSPS) is 10.7. The third kappa shape index (κ3) is 2.35. The van der Waals surface area contributed by atoms with Crippen molar-refractivity contribution in [2.24, 2.45) is 7.05 Å². The van der Waals surface area contributed by atoms with Gasteiger partial charge in [-0.15, -0.1) is 0 Å². The zero-order valence-corrected chi connectivity index (χ0v) is 11.2. The Morgan fingerprint density at radius 1 is 1.15 bits per heavy atom. The van der Waals surface area contributed by atoms with Gasteiger partial charge in [0.05, 0.1) is 6.42 Å². The fourth-order valence-electron chi connectivity index (χ4n) is 1.80. The highest BCUT2D eigenvalue weighted by Crippen LogP contribution is 2.08. The Labute approximate surface area is 115 Å². The molecule has 8 heteroatoms. The van der Waals surface area contributed by atoms with Gasteiger partial charge in [-0.2, -0.15) is 20.1 Å². The second-order valence-electron chi connectivity index (χ2n) is 4.21. The lowest BCUT2D eigenvalue weighted by Gasteiger charge is -2.06. The maximum atomic E-state index is 4.42. The molecule has 8 nitrogen and oxygen atoms in total. The lowest BCUT2D eigenvalue weighted by atomic mass is 10.4. The van der Waals surface area contributed by atoms with Crippen LogP contribution in [0.4, 0.5) is 5.95 Å². The van der Waals surface area contributed by atoms with E-state index < -0.39 is 0 Å². The van der Waals surface area contributed by atoms with Gasteiger partial charge in [-0.1, -0.05) is 0 Å². The second-order valence-corrected chi connectivity index (χ2v) is 4.21. The first-order chi connectivity index (χ1) is 9.76. The monoisotopic (exact) mass is 270 g/mol. The summed E-state index contributed by atoms with van der Waals surface area (Å²) in [5.74, 6) is 2.53. The molecule has 0 aliphatic rings. The highest BCUT2D eigenvalue weighted by molar-refractivity contribution is 5.28. The molecule has 0 amide bonds. The Bertz CT molecular complexity index is 700. The van der Waals surface area contributed by atoms with Crippen molar-refractivity contribution in [1.29, 1.82) is 0 Å². The van der Waals surface area contributed by atoms with E-state index in [0.717, 1.165) is 5.82 Å². The highest BCUT2D eigenvalue weighted by atomic mass is 15.4. The van der Waals surface area contributed by atoms with Crippen molar-refractivity contribution < 1.29 is 0 Å². The van der Waals surface area contributed by atoms with Crippen molar-refractivity contribution in [2.75, 3.05) is 12.4 Å². The van der Waals surface area contributed by atoms with Crippen LogP contribution in [0.3, 0.4) is 0 Å². The van der Waals surface area contributed by atoms with Crippen LogP contribution in [0.2, 0.25) is 0 Å². The summed E-state index contributed by atoms with van der Waals surface area (Å²) in [5, 5.41) is 7.07. The molecule has 3 rings (SSSR count). The van der Waals surface area contributed by atoms with Crippen molar-refractivity contribution in [3.05, 3.63) is 42.5 Å². The summed E-state index contributed by atoms with van der Waals surface area (Å²) in [6.45, 7) is 0. The van der Waals surface area contributed by atoms with E-state index in [1.165, 1.54) is 0 Å². The van der Waals surface area contributed by atoms with Crippen molar-refractivity contribution in [2.45, 2.75) is 6.42 Å². The van der Waals surface area contributed by atoms with E-state index in [1.807, 2.05) is 23.9 Å². The van der Waals surface area contributed by atoms with Crippen LogP contribution in [-0.2, 0) is 13.5 Å². The average Bonchev–Trinajstić information content (AvgIpc) is 3.11. The van der Waals surface area contributed by atoms with Crippen LogP contribution in [0, 0.1) is 0 Å². The number of rotatable bonds is 4. The smallest absolute Gasteiger partial charge is 0.255 e. The number of nitrogens with one attached hydrogen (secondary N) is 1. The van der Waals surface area contributed by atoms with Crippen molar-refractivity contribution in [3.63, 3.8) is 0 Å². The maximum absolute atomic E-state index is 4.42. The summed E-state index contributed by atoms with van der Waals surface area (Å²) < 4.78 is 3.54. The van der Waals surface area contributed by atoms with Gasteiger partial charge in [-0.25, -0.2) is 9.67 Å². The van der Waals surface area contributed by atoms with Gasteiger partial charge >= 0.3 is 0 Å². The minimum Gasteiger partial charge on any atom is -0.357 e. The number of anilines is 1. The molecular formula is C12H14N8. The Balaban J connectivity index is 1.98. The SMILES string of the molecule is CNc1nc(Cc2nccn2C)nc(-n2cccn2)n1. The molecule has 0 spiro atoms. The molecule has 0 saturated carbocycles. The van der Waals surface area contributed by atoms with Gasteiger partial charge in [0.1, 0.15) is 11.6 Å². The van der Waals surface area contributed by atoms with E-state index in [1.54, 1.807) is 30.3 Å². The summed E-state index contributed by atoms with van der Waals surface area (Å²) in [6.07, 6.45) is 7.66. The molecular weight excluding hydrogens is 256 g/mol. The van der Waals surface area contributed by atoms with E-state index in [2.05, 4.69) is 30.4 Å². The van der Waals surface area contributed by atoms with Gasteiger partial charge in [0.15, 0.2) is 0 Å². The van der Waals surface area contributed by atoms with E-state index in [0.29, 0.717) is 24.1 Å². The summed E-state index contributed by atoms with van der Waals surface area (Å²) >= 11 is 0. The summed E-state index contributed by atoms with van der Waals surface area (Å²) in [7, 11) is 3.71. The molecule has 0 aliphatic carbocycles. The van der Waals surface area contributed by atoms with Gasteiger partial charge in [0, 0.05) is 38.9 Å². The van der Waals surface area contributed by atoms with Crippen LogP contribution < -0.4 is 5.32 Å². The van der Waals surface area contributed by atoms with Crippen LogP contribution in [0.15, 0.2) is 30.9 Å². The summed E-state index contributed by atoms with van der Waals surface area (Å²) in [4.78, 5) is 17.3. The van der Waals surface area contributed by atoms with Gasteiger partial charge in [0.25, 0.3) is 5.95 Å². The Kier molecular flexibility index (Phi) is 3.12. The van der Waals surface area contributed by atoms with Gasteiger partial charge in [-0.05, 0) is 6.07 Å². The Hall–Kier alpha value is -2.77. The van der Waals surface area contributed by atoms with E-state index >= 15 is 0 Å². The van der Waals surface area contributed by atoms with Gasteiger partial charge in [-0.3, -0.25) is 0 Å². The van der Waals surface area contributed by atoms with Crippen molar-refractivity contribution in [1.82, 2.24) is 34.3 Å². The molecule has 0 aromatic carbocycles. The molecule has 0 unspecified atom stereocenters. The molecule has 0 radical (unpaired) electrons. The van der Waals surface area contributed by atoms with E-state index in [-0.39, 0.29) is 0 Å². The number of aromatic nitrogens is 7. The minimum absolute atomic E-state index is 0.485. The largest absolute Gasteiger partial charge is 0.357 e. The molecule has 3 heterocycles. The first-order valence-electron chi connectivity index (χ1n) is 6.15. The lowest BCUT2D eigenvalue weighted by Crippen LogP contribution is -2.11. The third-order valence-electron chi connectivity index (χ3n) is 2.84. The first-order valence-corrected chi connectivity index (χ1v) is 6.15. The maximum Gasteiger partial charge on any atom is 0.255 e. The third-order valence-corrected chi connectivity index (χ3v) is 2.84. The van der Waals surface area contributed by atoms with Crippen LogP contribution in [0.1, 0.15) is 11.6 Å². The predicted octanol–water partition coefficient (Wildman–Crippen LogP) is 0.423. The topological polar surface area (TPSA) is 86.3 Å².